The Balaban J connectivity index is 0.00000196. The van der Waals surface area contributed by atoms with Crippen LogP contribution in [0.1, 0.15) is 25.0 Å². The minimum atomic E-state index is -4.87. The van der Waals surface area contributed by atoms with Crippen molar-refractivity contribution in [3.63, 3.8) is 0 Å². The molecular weight excluding hydrogens is 227 g/mol. The second kappa shape index (κ2) is 6.45. The minimum Gasteiger partial charge on any atom is -0.445 e. The van der Waals surface area contributed by atoms with Crippen LogP contribution in [0.2, 0.25) is 0 Å². The summed E-state index contributed by atoms with van der Waals surface area (Å²) in [5.74, 6) is 0. The fourth-order valence-corrected chi connectivity index (χ4v) is 1.70. The molecule has 1 aromatic carbocycles. The van der Waals surface area contributed by atoms with Gasteiger partial charge in [-0.05, 0) is 12.8 Å². The molecule has 1 rings (SSSR count). The number of hydrogen-bond acceptors (Lipinski definition) is 0. The Kier molecular flexibility index (Phi) is 6.75. The predicted octanol–water partition coefficient (Wildman–Crippen LogP) is -0.130. The summed E-state index contributed by atoms with van der Waals surface area (Å²) in [5.41, 5.74) is 0.450. The normalized spacial score (nSPS) is 11.0. The van der Waals surface area contributed by atoms with Crippen molar-refractivity contribution in [2.24, 2.45) is 0 Å². The summed E-state index contributed by atoms with van der Waals surface area (Å²) < 4.78 is 38.2. The zero-order valence-corrected chi connectivity index (χ0v) is 12.5. The van der Waals surface area contributed by atoms with Crippen molar-refractivity contribution in [2.75, 3.05) is 0 Å². The van der Waals surface area contributed by atoms with Gasteiger partial charge >= 0.3 is 58.4 Å². The molecule has 0 unspecified atom stereocenters. The molecule has 0 aromatic heterocycles. The Morgan fingerprint density at radius 1 is 1.00 bits per heavy atom. The molecule has 0 aliphatic heterocycles. The monoisotopic (exact) mass is 240 g/mol. The van der Waals surface area contributed by atoms with Crippen LogP contribution in [0.3, 0.4) is 0 Å². The molecule has 0 nitrogen and oxygen atoms in total. The maximum Gasteiger partial charge on any atom is 1.00 e. The summed E-state index contributed by atoms with van der Waals surface area (Å²) in [6.07, 6.45) is 0.870. The Hall–Kier alpha value is 0.711. The number of halogens is 3. The van der Waals surface area contributed by atoms with Gasteiger partial charge < -0.3 is 12.9 Å². The van der Waals surface area contributed by atoms with E-state index in [2.05, 4.69) is 0 Å². The standard InChI is InChI=1S/C10H13BF3.K/c1-3-8-6-5-7-9(4-2)10(8)11(12,13)14;/h5-7H,3-4H2,1-2H3;/q-1;+1. The van der Waals surface area contributed by atoms with Gasteiger partial charge in [-0.15, -0.1) is 5.46 Å². The smallest absolute Gasteiger partial charge is 0.445 e. The van der Waals surface area contributed by atoms with Crippen molar-refractivity contribution in [1.82, 2.24) is 0 Å². The van der Waals surface area contributed by atoms with Crippen LogP contribution in [0.15, 0.2) is 18.2 Å². The number of aryl methyl sites for hydroxylation is 2. The van der Waals surface area contributed by atoms with Crippen LogP contribution in [0, 0.1) is 0 Å². The Bertz CT molecular complexity index is 301. The summed E-state index contributed by atoms with van der Waals surface area (Å²) in [6.45, 7) is -1.37. The molecular formula is C10H13BF3K. The van der Waals surface area contributed by atoms with E-state index >= 15 is 0 Å². The third-order valence-corrected chi connectivity index (χ3v) is 2.38. The molecule has 78 valence electrons. The molecule has 1 aromatic rings. The average Bonchev–Trinajstić information content (AvgIpc) is 2.15. The molecule has 0 aliphatic rings. The van der Waals surface area contributed by atoms with Gasteiger partial charge in [-0.2, -0.15) is 0 Å². The topological polar surface area (TPSA) is 0 Å². The first-order valence-electron chi connectivity index (χ1n) is 4.81. The van der Waals surface area contributed by atoms with E-state index in [0.29, 0.717) is 24.0 Å². The van der Waals surface area contributed by atoms with E-state index in [-0.39, 0.29) is 56.8 Å². The molecule has 0 saturated carbocycles. The fourth-order valence-electron chi connectivity index (χ4n) is 1.70. The molecule has 0 radical (unpaired) electrons. The number of rotatable bonds is 3. The quantitative estimate of drug-likeness (QED) is 0.646. The number of hydrogen-bond donors (Lipinski definition) is 0. The van der Waals surface area contributed by atoms with Crippen molar-refractivity contribution in [3.05, 3.63) is 29.3 Å². The van der Waals surface area contributed by atoms with Gasteiger partial charge in [0.25, 0.3) is 0 Å². The van der Waals surface area contributed by atoms with Gasteiger partial charge in [0.15, 0.2) is 0 Å². The summed E-state index contributed by atoms with van der Waals surface area (Å²) in [5, 5.41) is 0. The molecule has 0 N–H and O–H groups in total. The zero-order valence-electron chi connectivity index (χ0n) is 9.36. The van der Waals surface area contributed by atoms with E-state index in [1.165, 1.54) is 0 Å². The van der Waals surface area contributed by atoms with Crippen LogP contribution in [0.4, 0.5) is 12.9 Å². The Morgan fingerprint density at radius 2 is 1.40 bits per heavy atom. The Labute approximate surface area is 131 Å². The number of benzene rings is 1. The van der Waals surface area contributed by atoms with Gasteiger partial charge in [0.1, 0.15) is 0 Å². The molecule has 0 saturated heterocycles. The van der Waals surface area contributed by atoms with Crippen molar-refractivity contribution in [1.29, 1.82) is 0 Å². The molecule has 0 heterocycles. The van der Waals surface area contributed by atoms with Crippen LogP contribution in [-0.4, -0.2) is 6.98 Å². The van der Waals surface area contributed by atoms with E-state index in [9.17, 15) is 12.9 Å². The van der Waals surface area contributed by atoms with Crippen LogP contribution in [-0.2, 0) is 12.8 Å². The van der Waals surface area contributed by atoms with E-state index in [1.807, 2.05) is 0 Å². The van der Waals surface area contributed by atoms with E-state index < -0.39 is 6.98 Å². The van der Waals surface area contributed by atoms with Crippen molar-refractivity contribution >= 4 is 12.4 Å². The predicted molar refractivity (Wildman–Crippen MR) is 53.9 cm³/mol. The first-order chi connectivity index (χ1) is 6.50. The summed E-state index contributed by atoms with van der Waals surface area (Å²) >= 11 is 0. The fraction of sp³-hybridized carbons (Fsp3) is 0.400. The van der Waals surface area contributed by atoms with Crippen LogP contribution in [0.25, 0.3) is 0 Å². The molecule has 5 heteroatoms. The average molecular weight is 240 g/mol. The van der Waals surface area contributed by atoms with Gasteiger partial charge in [-0.1, -0.05) is 43.2 Å². The Morgan fingerprint density at radius 3 is 1.67 bits per heavy atom. The van der Waals surface area contributed by atoms with Gasteiger partial charge in [0, 0.05) is 0 Å². The molecule has 15 heavy (non-hydrogen) atoms. The van der Waals surface area contributed by atoms with Crippen molar-refractivity contribution in [3.8, 4) is 0 Å². The first-order valence-corrected chi connectivity index (χ1v) is 4.81. The van der Waals surface area contributed by atoms with Crippen LogP contribution in [0.5, 0.6) is 0 Å². The third kappa shape index (κ3) is 3.89. The van der Waals surface area contributed by atoms with E-state index in [4.69, 9.17) is 0 Å². The zero-order chi connectivity index (χ0) is 10.8. The van der Waals surface area contributed by atoms with E-state index in [0.717, 1.165) is 0 Å². The minimum absolute atomic E-state index is 0. The molecule has 0 amide bonds. The molecule has 0 fully saturated rings. The van der Waals surface area contributed by atoms with Crippen LogP contribution >= 0.6 is 0 Å². The van der Waals surface area contributed by atoms with Crippen molar-refractivity contribution in [2.45, 2.75) is 26.7 Å². The van der Waals surface area contributed by atoms with Crippen molar-refractivity contribution < 1.29 is 64.3 Å². The van der Waals surface area contributed by atoms with E-state index in [1.54, 1.807) is 32.0 Å². The summed E-state index contributed by atoms with van der Waals surface area (Å²) in [7, 11) is 0. The summed E-state index contributed by atoms with van der Waals surface area (Å²) in [4.78, 5) is 0. The largest absolute Gasteiger partial charge is 1.00 e. The maximum atomic E-state index is 12.7. The SMILES string of the molecule is CCc1cccc(CC)c1[B-](F)(F)F.[K+]. The maximum absolute atomic E-state index is 12.7. The second-order valence-corrected chi connectivity index (χ2v) is 3.27. The first kappa shape index (κ1) is 15.7. The van der Waals surface area contributed by atoms with Crippen LogP contribution < -0.4 is 56.8 Å². The van der Waals surface area contributed by atoms with Gasteiger partial charge in [0.05, 0.1) is 0 Å². The molecule has 0 spiro atoms. The molecule has 0 atom stereocenters. The summed E-state index contributed by atoms with van der Waals surface area (Å²) in [6, 6.07) is 4.82. The van der Waals surface area contributed by atoms with Gasteiger partial charge in [0.2, 0.25) is 0 Å². The van der Waals surface area contributed by atoms with Gasteiger partial charge in [-0.25, -0.2) is 0 Å². The molecule has 0 bridgehead atoms. The molecule has 0 aliphatic carbocycles. The van der Waals surface area contributed by atoms with Gasteiger partial charge in [-0.3, -0.25) is 0 Å². The second-order valence-electron chi connectivity index (χ2n) is 3.27. The third-order valence-electron chi connectivity index (χ3n) is 2.38.